The van der Waals surface area contributed by atoms with E-state index in [9.17, 15) is 19.2 Å². The Kier molecular flexibility index (Phi) is 7.83. The van der Waals surface area contributed by atoms with Crippen molar-refractivity contribution >= 4 is 40.8 Å². The summed E-state index contributed by atoms with van der Waals surface area (Å²) in [4.78, 5) is 50.3. The molecule has 4 amide bonds. The number of nitrogens with zero attached hydrogens (tertiary/aromatic N) is 1. The highest BCUT2D eigenvalue weighted by Gasteiger charge is 2.34. The molecule has 7 nitrogen and oxygen atoms in total. The summed E-state index contributed by atoms with van der Waals surface area (Å²) in [6, 6.07) is 16.4. The molecule has 8 heteroatoms. The summed E-state index contributed by atoms with van der Waals surface area (Å²) in [6.45, 7) is 3.58. The van der Waals surface area contributed by atoms with Crippen molar-refractivity contribution in [3.8, 4) is 0 Å². The van der Waals surface area contributed by atoms with Crippen LogP contribution in [-0.4, -0.2) is 41.0 Å². The maximum absolute atomic E-state index is 12.6. The Bertz CT molecular complexity index is 1030. The minimum atomic E-state index is -0.459. The lowest BCUT2D eigenvalue weighted by Gasteiger charge is -2.19. The van der Waals surface area contributed by atoms with E-state index in [2.05, 4.69) is 10.6 Å². The third-order valence-electron chi connectivity index (χ3n) is 4.88. The van der Waals surface area contributed by atoms with Gasteiger partial charge in [-0.15, -0.1) is 0 Å². The van der Waals surface area contributed by atoms with Crippen LogP contribution in [0.4, 0.5) is 4.79 Å². The van der Waals surface area contributed by atoms with Gasteiger partial charge >= 0.3 is 0 Å². The van der Waals surface area contributed by atoms with Gasteiger partial charge < -0.3 is 10.6 Å². The predicted molar refractivity (Wildman–Crippen MR) is 124 cm³/mol. The van der Waals surface area contributed by atoms with Crippen molar-refractivity contribution in [2.45, 2.75) is 26.3 Å². The van der Waals surface area contributed by atoms with Gasteiger partial charge in [-0.2, -0.15) is 0 Å². The molecule has 0 radical (unpaired) electrons. The quantitative estimate of drug-likeness (QED) is 0.600. The lowest BCUT2D eigenvalue weighted by atomic mass is 10.0. The van der Waals surface area contributed by atoms with Crippen molar-refractivity contribution in [1.29, 1.82) is 0 Å². The fourth-order valence-electron chi connectivity index (χ4n) is 3.25. The van der Waals surface area contributed by atoms with Gasteiger partial charge in [-0.1, -0.05) is 60.2 Å². The minimum absolute atomic E-state index is 0.0540. The fraction of sp³-hybridized carbons (Fsp3) is 0.250. The van der Waals surface area contributed by atoms with Crippen molar-refractivity contribution in [2.24, 2.45) is 0 Å². The van der Waals surface area contributed by atoms with Crippen LogP contribution in [0.2, 0.25) is 0 Å². The zero-order valence-electron chi connectivity index (χ0n) is 18.0. The lowest BCUT2D eigenvalue weighted by molar-refractivity contribution is -0.125. The third-order valence-corrected chi connectivity index (χ3v) is 5.78. The monoisotopic (exact) mass is 451 g/mol. The number of benzene rings is 2. The molecule has 0 aliphatic carbocycles. The largest absolute Gasteiger partial charge is 0.354 e. The number of rotatable bonds is 8. The number of nitrogens with one attached hydrogen (secondary N) is 2. The number of carbonyl (C=O) groups excluding carboxylic acids is 4. The number of hydrogen-bond donors (Lipinski definition) is 2. The van der Waals surface area contributed by atoms with Crippen LogP contribution < -0.4 is 10.6 Å². The fourth-order valence-corrected chi connectivity index (χ4v) is 4.12. The molecular weight excluding hydrogens is 426 g/mol. The lowest BCUT2D eigenvalue weighted by Crippen LogP contribution is -2.38. The second-order valence-electron chi connectivity index (χ2n) is 7.46. The van der Waals surface area contributed by atoms with Crippen molar-refractivity contribution in [2.75, 3.05) is 13.1 Å². The maximum atomic E-state index is 12.6. The molecule has 32 heavy (non-hydrogen) atoms. The molecule has 3 rings (SSSR count). The van der Waals surface area contributed by atoms with Crippen LogP contribution in [0.25, 0.3) is 6.08 Å². The van der Waals surface area contributed by atoms with Gasteiger partial charge in [0, 0.05) is 20.0 Å². The molecule has 2 aromatic rings. The first kappa shape index (κ1) is 23.3. The topological polar surface area (TPSA) is 95.6 Å². The second-order valence-corrected chi connectivity index (χ2v) is 8.46. The van der Waals surface area contributed by atoms with Crippen LogP contribution in [0.3, 0.4) is 0 Å². The van der Waals surface area contributed by atoms with Crippen molar-refractivity contribution < 1.29 is 19.2 Å². The van der Waals surface area contributed by atoms with Crippen LogP contribution in [0, 0.1) is 6.92 Å². The van der Waals surface area contributed by atoms with Gasteiger partial charge in [0.2, 0.25) is 11.8 Å². The van der Waals surface area contributed by atoms with Crippen molar-refractivity contribution in [3.63, 3.8) is 0 Å². The second kappa shape index (κ2) is 10.8. The number of hydrogen-bond acceptors (Lipinski definition) is 5. The molecule has 2 N–H and O–H groups in total. The summed E-state index contributed by atoms with van der Waals surface area (Å²) in [5.74, 6) is -0.878. The standard InChI is InChI=1S/C24H25N3O4S/c1-16-8-10-19(11-9-16)20(26-17(2)28)15-22(29)25-12-13-27-23(30)21(32-24(27)31)14-18-6-4-3-5-7-18/h3-11,14,20H,12-13,15H2,1-2H3,(H,25,29)(H,26,28)/b21-14-. The van der Waals surface area contributed by atoms with Crippen LogP contribution >= 0.6 is 11.8 Å². The molecule has 2 aromatic carbocycles. The van der Waals surface area contributed by atoms with E-state index < -0.39 is 6.04 Å². The summed E-state index contributed by atoms with van der Waals surface area (Å²) >= 11 is 0.890. The molecule has 1 unspecified atom stereocenters. The maximum Gasteiger partial charge on any atom is 0.293 e. The number of aryl methyl sites for hydroxylation is 1. The summed E-state index contributed by atoms with van der Waals surface area (Å²) in [5.41, 5.74) is 2.75. The Morgan fingerprint density at radius 2 is 1.75 bits per heavy atom. The van der Waals surface area contributed by atoms with Gasteiger partial charge in [0.05, 0.1) is 17.4 Å². The molecule has 1 heterocycles. The van der Waals surface area contributed by atoms with E-state index in [0.717, 1.165) is 33.4 Å². The van der Waals surface area contributed by atoms with E-state index in [4.69, 9.17) is 0 Å². The molecule has 1 fully saturated rings. The Morgan fingerprint density at radius 1 is 1.06 bits per heavy atom. The summed E-state index contributed by atoms with van der Waals surface area (Å²) in [5, 5.41) is 5.17. The van der Waals surface area contributed by atoms with Gasteiger partial charge in [-0.05, 0) is 35.9 Å². The summed E-state index contributed by atoms with van der Waals surface area (Å²) in [6.07, 6.45) is 1.74. The molecule has 0 saturated carbocycles. The summed E-state index contributed by atoms with van der Waals surface area (Å²) in [7, 11) is 0. The summed E-state index contributed by atoms with van der Waals surface area (Å²) < 4.78 is 0. The van der Waals surface area contributed by atoms with E-state index in [1.807, 2.05) is 61.5 Å². The highest BCUT2D eigenvalue weighted by Crippen LogP contribution is 2.31. The first-order valence-corrected chi connectivity index (χ1v) is 11.1. The van der Waals surface area contributed by atoms with Crippen LogP contribution in [0.1, 0.15) is 36.1 Å². The van der Waals surface area contributed by atoms with Crippen LogP contribution in [0.5, 0.6) is 0 Å². The normalized spacial score (nSPS) is 15.7. The first-order valence-electron chi connectivity index (χ1n) is 10.2. The van der Waals surface area contributed by atoms with E-state index in [-0.39, 0.29) is 42.5 Å². The molecule has 1 aliphatic rings. The first-order chi connectivity index (χ1) is 15.3. The number of thioether (sulfide) groups is 1. The Morgan fingerprint density at radius 3 is 2.41 bits per heavy atom. The van der Waals surface area contributed by atoms with Crippen LogP contribution in [-0.2, 0) is 14.4 Å². The zero-order chi connectivity index (χ0) is 23.1. The molecule has 1 aliphatic heterocycles. The SMILES string of the molecule is CC(=O)NC(CC(=O)NCCN1C(=O)S/C(=C\c2ccccc2)C1=O)c1ccc(C)cc1. The molecule has 0 bridgehead atoms. The molecule has 1 atom stereocenters. The van der Waals surface area contributed by atoms with Gasteiger partial charge in [0.15, 0.2) is 0 Å². The van der Waals surface area contributed by atoms with E-state index >= 15 is 0 Å². The molecule has 0 aromatic heterocycles. The average molecular weight is 452 g/mol. The number of amides is 4. The van der Waals surface area contributed by atoms with E-state index in [1.54, 1.807) is 6.08 Å². The van der Waals surface area contributed by atoms with Gasteiger partial charge in [-0.3, -0.25) is 24.1 Å². The van der Waals surface area contributed by atoms with E-state index in [0.29, 0.717) is 4.91 Å². The van der Waals surface area contributed by atoms with E-state index in [1.165, 1.54) is 6.92 Å². The smallest absolute Gasteiger partial charge is 0.293 e. The molecule has 0 spiro atoms. The zero-order valence-corrected chi connectivity index (χ0v) is 18.8. The predicted octanol–water partition coefficient (Wildman–Crippen LogP) is 3.42. The highest BCUT2D eigenvalue weighted by molar-refractivity contribution is 8.18. The van der Waals surface area contributed by atoms with Crippen molar-refractivity contribution in [1.82, 2.24) is 15.5 Å². The Labute approximate surface area is 191 Å². The van der Waals surface area contributed by atoms with Gasteiger partial charge in [0.1, 0.15) is 0 Å². The Balaban J connectivity index is 1.54. The third kappa shape index (κ3) is 6.31. The minimum Gasteiger partial charge on any atom is -0.354 e. The Hall–Kier alpha value is -3.39. The van der Waals surface area contributed by atoms with Crippen molar-refractivity contribution in [3.05, 3.63) is 76.2 Å². The molecule has 1 saturated heterocycles. The molecule has 166 valence electrons. The van der Waals surface area contributed by atoms with Gasteiger partial charge in [0.25, 0.3) is 11.1 Å². The molecular formula is C24H25N3O4S. The average Bonchev–Trinajstić information content (AvgIpc) is 3.01. The highest BCUT2D eigenvalue weighted by atomic mass is 32.2. The van der Waals surface area contributed by atoms with Gasteiger partial charge in [-0.25, -0.2) is 0 Å². The number of carbonyl (C=O) groups is 4. The van der Waals surface area contributed by atoms with Crippen LogP contribution in [0.15, 0.2) is 59.5 Å². The number of imide groups is 1.